The van der Waals surface area contributed by atoms with Gasteiger partial charge in [-0.2, -0.15) is 0 Å². The molecule has 4 aromatic rings. The van der Waals surface area contributed by atoms with Crippen LogP contribution in [0.5, 0.6) is 5.75 Å². The average Bonchev–Trinajstić information content (AvgIpc) is 0.819. The lowest BCUT2D eigenvalue weighted by Crippen LogP contribution is -2.50. The Kier molecular flexibility index (Phi) is 27.5. The topological polar surface area (TPSA) is 73.8 Å². The fourth-order valence-corrected chi connectivity index (χ4v) is 17.3. The first kappa shape index (κ1) is 77.5. The van der Waals surface area contributed by atoms with Crippen LogP contribution in [-0.2, 0) is 37.5 Å². The van der Waals surface area contributed by atoms with Gasteiger partial charge in [0.1, 0.15) is 11.4 Å². The van der Waals surface area contributed by atoms with Gasteiger partial charge in [-0.1, -0.05) is 252 Å². The summed E-state index contributed by atoms with van der Waals surface area (Å²) in [4.78, 5) is 0. The third kappa shape index (κ3) is 20.6. The van der Waals surface area contributed by atoms with E-state index < -0.39 is 45.2 Å². The minimum Gasteiger partial charge on any atom is -0.497 e. The molecule has 0 amide bonds. The minimum atomic E-state index is -2.29. The zero-order valence-electron chi connectivity index (χ0n) is 61.7. The summed E-state index contributed by atoms with van der Waals surface area (Å²) in [5.41, 5.74) is 3.47. The molecule has 1 aliphatic heterocycles. The van der Waals surface area contributed by atoms with Crippen molar-refractivity contribution in [2.75, 3.05) is 20.3 Å². The van der Waals surface area contributed by atoms with E-state index in [1.807, 2.05) is 12.1 Å². The predicted octanol–water partition coefficient (Wildman–Crippen LogP) is 22.2. The van der Waals surface area contributed by atoms with E-state index in [9.17, 15) is 0 Å². The first-order valence-electron chi connectivity index (χ1n) is 34.3. The first-order chi connectivity index (χ1) is 41.6. The molecule has 1 heterocycles. The van der Waals surface area contributed by atoms with Crippen LogP contribution < -0.4 is 4.74 Å². The Morgan fingerprint density at radius 2 is 0.956 bits per heavy atom. The van der Waals surface area contributed by atoms with E-state index >= 15 is 0 Å². The van der Waals surface area contributed by atoms with Crippen LogP contribution in [0.2, 0.25) is 72.5 Å². The van der Waals surface area contributed by atoms with Gasteiger partial charge in [0.15, 0.2) is 39.6 Å². The fourth-order valence-electron chi connectivity index (χ4n) is 11.6. The third-order valence-corrected chi connectivity index (χ3v) is 39.7. The molecule has 5 rings (SSSR count). The molecule has 0 aromatic heterocycles. The molecule has 504 valence electrons. The largest absolute Gasteiger partial charge is 0.497 e. The number of benzene rings is 4. The number of hydrogen-bond donors (Lipinski definition) is 0. The van der Waals surface area contributed by atoms with Gasteiger partial charge in [-0.25, -0.2) is 0 Å². The first-order valence-corrected chi connectivity index (χ1v) is 46.0. The van der Waals surface area contributed by atoms with E-state index in [4.69, 9.17) is 36.7 Å². The lowest BCUT2D eigenvalue weighted by atomic mass is 9.80. The van der Waals surface area contributed by atoms with Crippen LogP contribution in [-0.4, -0.2) is 84.1 Å². The van der Waals surface area contributed by atoms with Gasteiger partial charge in [-0.3, -0.25) is 0 Å². The second-order valence-electron chi connectivity index (χ2n) is 33.2. The number of ether oxygens (including phenoxy) is 4. The van der Waals surface area contributed by atoms with Gasteiger partial charge in [0.25, 0.3) is 0 Å². The Balaban J connectivity index is 1.46. The molecule has 1 fully saturated rings. The van der Waals surface area contributed by atoms with Crippen molar-refractivity contribution in [3.05, 3.63) is 162 Å². The molecule has 4 aromatic carbocycles. The van der Waals surface area contributed by atoms with Gasteiger partial charge in [0.05, 0.1) is 50.8 Å². The van der Waals surface area contributed by atoms with E-state index in [-0.39, 0.29) is 74.3 Å². The molecule has 0 saturated carbocycles. The second kappa shape index (κ2) is 32.0. The monoisotopic (exact) mass is 1300 g/mol. The Labute approximate surface area is 555 Å². The van der Waals surface area contributed by atoms with Gasteiger partial charge < -0.3 is 36.7 Å². The Morgan fingerprint density at radius 1 is 0.511 bits per heavy atom. The lowest BCUT2D eigenvalue weighted by molar-refractivity contribution is -0.255. The van der Waals surface area contributed by atoms with Crippen molar-refractivity contribution >= 4 is 33.3 Å². The van der Waals surface area contributed by atoms with Gasteiger partial charge in [0, 0.05) is 23.8 Å². The Bertz CT molecular complexity index is 2690. The molecule has 0 radical (unpaired) electrons. The molecule has 1 saturated heterocycles. The summed E-state index contributed by atoms with van der Waals surface area (Å²) in [6.07, 6.45) is 12.6. The highest BCUT2D eigenvalue weighted by atomic mass is 28.4. The molecule has 8 nitrogen and oxygen atoms in total. The molecule has 12 heteroatoms. The van der Waals surface area contributed by atoms with Crippen LogP contribution in [0.15, 0.2) is 140 Å². The van der Waals surface area contributed by atoms with E-state index in [1.165, 1.54) is 0 Å². The Morgan fingerprint density at radius 3 is 1.41 bits per heavy atom. The Hall–Kier alpha value is -3.25. The standard InChI is InChI=1S/C78H128O8Si4/c1-57(45-52-69(84-88(22,23)75(10,11)12)62(6)72-61(5)56-80-73(82-72)63-47-50-67(79-19)51-48-63)54-60(4)71(86-90(26,27)77(16,17)18)59(3)46-49-68(83-87(20,21)74(7,8)9)55-70(85-89(24,25)76(13,14)15)58(2)38-37-53-81-78(64-39-31-28-32-40-64,65-41-33-29-34-42-65)66-43-35-30-36-44-66/h28-44,46-51,57-62,68-73H,45,52-56H2,1-27H3/b38-37+,49-46-/t57-,58+,59-,60-,61-,62-,68+,69+,70-,71-,72-,73?/m0/s1. The van der Waals surface area contributed by atoms with Crippen molar-refractivity contribution in [1.29, 1.82) is 0 Å². The van der Waals surface area contributed by atoms with Crippen LogP contribution >= 0.6 is 0 Å². The SMILES string of the molecule is COc1ccc(C2OC[C@H](C)[C@@H]([C@@H](C)[C@@H](CC[C@H](C)C[C@H](C)[C@@H](O[Si](C)(C)C(C)(C)C)[C@@H](C)/C=C\[C@H](C[C@H](O[Si](C)(C)C(C)(C)C)[C@H](C)/C=C/COC(c3ccccc3)(c3ccccc3)c3ccccc3)O[Si](C)(C)C(C)(C)C)O[Si](C)(C)C(C)(C)C)O2)cc1. The molecule has 0 bridgehead atoms. The number of methoxy groups -OCH3 is 1. The molecular weight excluding hydrogens is 1180 g/mol. The molecular formula is C78H128O8Si4. The summed E-state index contributed by atoms with van der Waals surface area (Å²) in [7, 11) is -7.27. The minimum absolute atomic E-state index is 0.00698. The summed E-state index contributed by atoms with van der Waals surface area (Å²) in [5.74, 6) is 2.13. The maximum atomic E-state index is 7.68. The van der Waals surface area contributed by atoms with Gasteiger partial charge in [-0.05, 0) is 144 Å². The molecule has 90 heavy (non-hydrogen) atoms. The van der Waals surface area contributed by atoms with E-state index in [0.29, 0.717) is 25.0 Å². The maximum Gasteiger partial charge on any atom is 0.192 e. The average molecular weight is 1310 g/mol. The fraction of sp³-hybridized carbons (Fsp3) is 0.641. The van der Waals surface area contributed by atoms with Crippen LogP contribution in [0, 0.1) is 35.5 Å². The highest BCUT2D eigenvalue weighted by Gasteiger charge is 2.47. The molecule has 0 N–H and O–H groups in total. The summed E-state index contributed by atoms with van der Waals surface area (Å²) in [6.45, 7) is 62.8. The summed E-state index contributed by atoms with van der Waals surface area (Å²) >= 11 is 0. The zero-order chi connectivity index (χ0) is 67.5. The highest BCUT2D eigenvalue weighted by Crippen LogP contribution is 2.46. The predicted molar refractivity (Wildman–Crippen MR) is 392 cm³/mol. The molecule has 1 unspecified atom stereocenters. The van der Waals surface area contributed by atoms with Gasteiger partial charge in [0.2, 0.25) is 0 Å². The van der Waals surface area contributed by atoms with Crippen LogP contribution in [0.4, 0.5) is 0 Å². The summed E-state index contributed by atoms with van der Waals surface area (Å²) in [6, 6.07) is 40.1. The number of hydrogen-bond acceptors (Lipinski definition) is 8. The quantitative estimate of drug-likeness (QED) is 0.0280. The smallest absolute Gasteiger partial charge is 0.192 e. The maximum absolute atomic E-state index is 7.68. The van der Waals surface area contributed by atoms with Crippen LogP contribution in [0.1, 0.15) is 179 Å². The van der Waals surface area contributed by atoms with Crippen molar-refractivity contribution < 1.29 is 36.7 Å². The van der Waals surface area contributed by atoms with Gasteiger partial charge >= 0.3 is 0 Å². The normalized spacial score (nSPS) is 20.3. The molecule has 0 spiro atoms. The lowest BCUT2D eigenvalue weighted by Gasteiger charge is -2.45. The van der Waals surface area contributed by atoms with E-state index in [2.05, 4.69) is 304 Å². The van der Waals surface area contributed by atoms with E-state index in [1.54, 1.807) is 7.11 Å². The van der Waals surface area contributed by atoms with Crippen molar-refractivity contribution in [1.82, 2.24) is 0 Å². The number of rotatable bonds is 31. The second-order valence-corrected chi connectivity index (χ2v) is 52.2. The van der Waals surface area contributed by atoms with Crippen molar-refractivity contribution in [3.63, 3.8) is 0 Å². The molecule has 12 atom stereocenters. The summed E-state index contributed by atoms with van der Waals surface area (Å²) < 4.78 is 56.5. The van der Waals surface area contributed by atoms with E-state index in [0.717, 1.165) is 53.7 Å². The van der Waals surface area contributed by atoms with Crippen molar-refractivity contribution in [2.24, 2.45) is 35.5 Å². The van der Waals surface area contributed by atoms with Crippen molar-refractivity contribution in [3.8, 4) is 5.75 Å². The van der Waals surface area contributed by atoms with Crippen molar-refractivity contribution in [2.45, 2.75) is 265 Å². The molecule has 0 aliphatic carbocycles. The molecule has 1 aliphatic rings. The summed E-state index contributed by atoms with van der Waals surface area (Å²) in [5, 5.41) is 0.131. The van der Waals surface area contributed by atoms with Crippen LogP contribution in [0.3, 0.4) is 0 Å². The highest BCUT2D eigenvalue weighted by molar-refractivity contribution is 6.75. The third-order valence-electron chi connectivity index (χ3n) is 21.7. The zero-order valence-corrected chi connectivity index (χ0v) is 65.7. The van der Waals surface area contributed by atoms with Gasteiger partial charge in [-0.15, -0.1) is 0 Å². The van der Waals surface area contributed by atoms with Crippen LogP contribution in [0.25, 0.3) is 0 Å².